The molecule has 10 nitrogen and oxygen atoms in total. The van der Waals surface area contributed by atoms with Crippen molar-refractivity contribution >= 4 is 23.4 Å². The molecule has 0 saturated carbocycles. The van der Waals surface area contributed by atoms with E-state index >= 15 is 0 Å². The van der Waals surface area contributed by atoms with Gasteiger partial charge in [0.2, 0.25) is 0 Å². The molecule has 0 aliphatic carbocycles. The Kier molecular flexibility index (Phi) is 8.01. The lowest BCUT2D eigenvalue weighted by Crippen LogP contribution is -2.45. The van der Waals surface area contributed by atoms with Gasteiger partial charge in [-0.3, -0.25) is 10.2 Å². The molecule has 228 valence electrons. The van der Waals surface area contributed by atoms with Crippen molar-refractivity contribution in [1.29, 1.82) is 0 Å². The molecule has 44 heavy (non-hydrogen) atoms. The summed E-state index contributed by atoms with van der Waals surface area (Å²) in [6, 6.07) is 22.2. The quantitative estimate of drug-likeness (QED) is 0.253. The molecule has 11 heteroatoms. The molecule has 2 atom stereocenters. The molecular formula is C33H33ClN4O6. The van der Waals surface area contributed by atoms with Gasteiger partial charge in [0.25, 0.3) is 5.89 Å². The van der Waals surface area contributed by atoms with E-state index in [2.05, 4.69) is 39.6 Å². The van der Waals surface area contributed by atoms with Gasteiger partial charge in [-0.15, -0.1) is 5.10 Å². The van der Waals surface area contributed by atoms with Gasteiger partial charge in [-0.2, -0.15) is 4.68 Å². The van der Waals surface area contributed by atoms with E-state index in [1.54, 1.807) is 6.07 Å². The normalized spacial score (nSPS) is 20.8. The van der Waals surface area contributed by atoms with Crippen molar-refractivity contribution in [2.24, 2.45) is 0 Å². The number of carbonyl (C=O) groups is 1. The van der Waals surface area contributed by atoms with Gasteiger partial charge in [0.15, 0.2) is 11.5 Å². The van der Waals surface area contributed by atoms with Crippen molar-refractivity contribution < 1.29 is 23.4 Å². The molecule has 2 saturated heterocycles. The first-order valence-corrected chi connectivity index (χ1v) is 15.4. The van der Waals surface area contributed by atoms with Gasteiger partial charge in [-0.25, -0.2) is 9.59 Å². The molecule has 2 fully saturated rings. The second-order valence-electron chi connectivity index (χ2n) is 11.4. The van der Waals surface area contributed by atoms with Gasteiger partial charge >= 0.3 is 11.8 Å². The van der Waals surface area contributed by atoms with E-state index in [0.29, 0.717) is 23.4 Å². The van der Waals surface area contributed by atoms with Crippen LogP contribution in [0.4, 0.5) is 10.5 Å². The summed E-state index contributed by atoms with van der Waals surface area (Å²) in [5, 5.41) is 7.48. The Labute approximate surface area is 259 Å². The predicted octanol–water partition coefficient (Wildman–Crippen LogP) is 6.09. The highest BCUT2D eigenvalue weighted by molar-refractivity contribution is 6.34. The molecule has 4 heterocycles. The van der Waals surface area contributed by atoms with Crippen molar-refractivity contribution in [2.75, 3.05) is 25.1 Å². The summed E-state index contributed by atoms with van der Waals surface area (Å²) in [5.41, 5.74) is 2.78. The molecular weight excluding hydrogens is 584 g/mol. The first-order chi connectivity index (χ1) is 21.5. The van der Waals surface area contributed by atoms with E-state index in [1.165, 1.54) is 10.2 Å². The number of carbonyl (C=O) groups excluding carboxylic acids is 1. The van der Waals surface area contributed by atoms with Crippen molar-refractivity contribution in [3.8, 4) is 23.0 Å². The summed E-state index contributed by atoms with van der Waals surface area (Å²) < 4.78 is 24.3. The summed E-state index contributed by atoms with van der Waals surface area (Å²) >= 11 is 6.64. The van der Waals surface area contributed by atoms with Crippen LogP contribution in [0.1, 0.15) is 42.9 Å². The van der Waals surface area contributed by atoms with Crippen molar-refractivity contribution in [2.45, 2.75) is 56.8 Å². The van der Waals surface area contributed by atoms with Crippen LogP contribution in [0.25, 0.3) is 11.5 Å². The topological polar surface area (TPSA) is 108 Å². The average Bonchev–Trinajstić information content (AvgIpc) is 3.55. The minimum atomic E-state index is -0.694. The zero-order chi connectivity index (χ0) is 30.0. The van der Waals surface area contributed by atoms with Crippen LogP contribution in [0.15, 0.2) is 75.9 Å². The van der Waals surface area contributed by atoms with E-state index < -0.39 is 11.8 Å². The number of halogens is 1. The molecule has 2 unspecified atom stereocenters. The number of hydrogen-bond donors (Lipinski definition) is 1. The molecule has 1 aromatic heterocycles. The Morgan fingerprint density at radius 1 is 0.932 bits per heavy atom. The number of fused-ring (bicyclic) bond motifs is 3. The highest BCUT2D eigenvalue weighted by Gasteiger charge is 2.42. The fraction of sp³-hybridized carbons (Fsp3) is 0.364. The predicted molar refractivity (Wildman–Crippen MR) is 164 cm³/mol. The fourth-order valence-electron chi connectivity index (χ4n) is 6.66. The summed E-state index contributed by atoms with van der Waals surface area (Å²) in [4.78, 5) is 28.4. The van der Waals surface area contributed by atoms with Crippen molar-refractivity contribution in [3.05, 3.63) is 93.4 Å². The summed E-state index contributed by atoms with van der Waals surface area (Å²) in [6.45, 7) is 1.63. The number of aromatic nitrogens is 2. The standard InChI is InChI=1S/C33H33ClN4O6/c34-27-19-26(29-30(42-16-15-41-29)28(27)35-32(39)43-20-22-9-5-2-6-10-22)31-36-38(33(40)44-31)25-17-23-11-12-24(18-25)37(23)14-13-21-7-3-1-4-8-21/h1-10,19,23-25H,11-18,20H2,(H,35,39). The number of nitrogens with zero attached hydrogens (tertiary/aromatic N) is 3. The van der Waals surface area contributed by atoms with Gasteiger partial charge < -0.3 is 18.6 Å². The van der Waals surface area contributed by atoms with Gasteiger partial charge in [0.1, 0.15) is 25.5 Å². The fourth-order valence-corrected chi connectivity index (χ4v) is 6.90. The Bertz CT molecular complexity index is 1680. The van der Waals surface area contributed by atoms with Gasteiger partial charge in [-0.05, 0) is 49.3 Å². The van der Waals surface area contributed by atoms with Gasteiger partial charge in [0.05, 0.1) is 16.6 Å². The largest absolute Gasteiger partial charge is 0.485 e. The number of anilines is 1. The molecule has 0 spiro atoms. The molecule has 3 aromatic carbocycles. The number of amides is 1. The number of ether oxygens (including phenoxy) is 3. The average molecular weight is 617 g/mol. The van der Waals surface area contributed by atoms with E-state index in [9.17, 15) is 9.59 Å². The third kappa shape index (κ3) is 5.79. The van der Waals surface area contributed by atoms with Gasteiger partial charge in [0, 0.05) is 18.6 Å². The number of piperidine rings is 1. The number of rotatable bonds is 8. The van der Waals surface area contributed by atoms with E-state index in [1.807, 2.05) is 36.4 Å². The maximum absolute atomic E-state index is 13.1. The molecule has 7 rings (SSSR count). The number of hydrogen-bond acceptors (Lipinski definition) is 8. The lowest BCUT2D eigenvalue weighted by atomic mass is 9.97. The molecule has 3 aliphatic rings. The Balaban J connectivity index is 1.08. The Morgan fingerprint density at radius 2 is 1.59 bits per heavy atom. The van der Waals surface area contributed by atoms with E-state index in [-0.39, 0.29) is 48.2 Å². The van der Waals surface area contributed by atoms with Crippen LogP contribution in [-0.4, -0.2) is 52.6 Å². The lowest BCUT2D eigenvalue weighted by Gasteiger charge is -2.38. The SMILES string of the molecule is O=C(Nc1c(Cl)cc(-c2nn(C3CC4CCC(C3)N4CCc3ccccc3)c(=O)o2)c2c1OCCO2)OCc1ccccc1. The molecule has 0 radical (unpaired) electrons. The summed E-state index contributed by atoms with van der Waals surface area (Å²) in [5.74, 6) is 0.103. The third-order valence-corrected chi connectivity index (χ3v) is 9.01. The van der Waals surface area contributed by atoms with Crippen LogP contribution < -0.4 is 20.5 Å². The van der Waals surface area contributed by atoms with Crippen LogP contribution in [0, 0.1) is 0 Å². The zero-order valence-corrected chi connectivity index (χ0v) is 24.9. The Morgan fingerprint density at radius 3 is 2.30 bits per heavy atom. The lowest BCUT2D eigenvalue weighted by molar-refractivity contribution is 0.101. The van der Waals surface area contributed by atoms with E-state index in [4.69, 9.17) is 30.2 Å². The zero-order valence-electron chi connectivity index (χ0n) is 24.1. The maximum atomic E-state index is 13.1. The number of nitrogens with one attached hydrogen (secondary N) is 1. The maximum Gasteiger partial charge on any atom is 0.437 e. The van der Waals surface area contributed by atoms with Crippen LogP contribution in [0.5, 0.6) is 11.5 Å². The van der Waals surface area contributed by atoms with Gasteiger partial charge in [-0.1, -0.05) is 72.3 Å². The van der Waals surface area contributed by atoms with Crippen LogP contribution >= 0.6 is 11.6 Å². The Hall–Kier alpha value is -4.28. The van der Waals surface area contributed by atoms with Crippen molar-refractivity contribution in [3.63, 3.8) is 0 Å². The summed E-state index contributed by atoms with van der Waals surface area (Å²) in [7, 11) is 0. The molecule has 2 bridgehead atoms. The van der Waals surface area contributed by atoms with Crippen LogP contribution in [0.3, 0.4) is 0 Å². The monoisotopic (exact) mass is 616 g/mol. The highest BCUT2D eigenvalue weighted by atomic mass is 35.5. The minimum absolute atomic E-state index is 0.0609. The number of benzene rings is 3. The summed E-state index contributed by atoms with van der Waals surface area (Å²) in [6.07, 6.45) is 4.22. The molecule has 3 aliphatic heterocycles. The molecule has 1 N–H and O–H groups in total. The van der Waals surface area contributed by atoms with Crippen LogP contribution in [0.2, 0.25) is 5.02 Å². The first-order valence-electron chi connectivity index (χ1n) is 15.0. The minimum Gasteiger partial charge on any atom is -0.485 e. The first kappa shape index (κ1) is 28.5. The second-order valence-corrected chi connectivity index (χ2v) is 11.8. The second kappa shape index (κ2) is 12.4. The highest BCUT2D eigenvalue weighted by Crippen LogP contribution is 2.48. The van der Waals surface area contributed by atoms with E-state index in [0.717, 1.165) is 44.2 Å². The molecule has 4 aromatic rings. The molecule has 1 amide bonds. The smallest absolute Gasteiger partial charge is 0.437 e. The van der Waals surface area contributed by atoms with Crippen LogP contribution in [-0.2, 0) is 17.8 Å². The third-order valence-electron chi connectivity index (χ3n) is 8.71. The van der Waals surface area contributed by atoms with Crippen molar-refractivity contribution in [1.82, 2.24) is 14.7 Å².